The highest BCUT2D eigenvalue weighted by Crippen LogP contribution is 2.35. The number of imide groups is 1. The minimum absolute atomic E-state index is 0.0378. The lowest BCUT2D eigenvalue weighted by molar-refractivity contribution is -0.123. The van der Waals surface area contributed by atoms with E-state index in [-0.39, 0.29) is 23.4 Å². The highest BCUT2D eigenvalue weighted by Gasteiger charge is 2.35. The molecule has 0 bridgehead atoms. The summed E-state index contributed by atoms with van der Waals surface area (Å²) >= 11 is 3.12. The van der Waals surface area contributed by atoms with Crippen molar-refractivity contribution in [2.75, 3.05) is 6.61 Å². The van der Waals surface area contributed by atoms with Gasteiger partial charge in [0.25, 0.3) is 11.1 Å². The molecule has 0 aromatic heterocycles. The van der Waals surface area contributed by atoms with Crippen LogP contribution in [0.25, 0.3) is 6.08 Å². The third kappa shape index (κ3) is 4.21. The summed E-state index contributed by atoms with van der Waals surface area (Å²) in [6, 6.07) is 12.5. The fourth-order valence-corrected chi connectivity index (χ4v) is 3.65. The largest absolute Gasteiger partial charge is 0.504 e. The van der Waals surface area contributed by atoms with Crippen molar-refractivity contribution in [1.29, 1.82) is 0 Å². The maximum atomic E-state index is 12.6. The molecule has 1 fully saturated rings. The van der Waals surface area contributed by atoms with Gasteiger partial charge in [-0.25, -0.2) is 0 Å². The lowest BCUT2D eigenvalue weighted by atomic mass is 10.1. The molecule has 26 heavy (non-hydrogen) atoms. The lowest BCUT2D eigenvalue weighted by Crippen LogP contribution is -2.27. The number of carbonyl (C=O) groups excluding carboxylic acids is 2. The van der Waals surface area contributed by atoms with E-state index in [2.05, 4.69) is 22.6 Å². The Morgan fingerprint density at radius 2 is 1.92 bits per heavy atom. The standard InChI is InChI=1S/C19H16INO4S/c1-2-25-16-9-13(5-8-15(16)22)10-17-18(23)21(19(24)26-17)11-12-3-6-14(20)7-4-12/h3-10,22H,2,11H2,1H3/b17-10+. The molecule has 1 N–H and O–H groups in total. The minimum Gasteiger partial charge on any atom is -0.504 e. The molecule has 5 nitrogen and oxygen atoms in total. The van der Waals surface area contributed by atoms with Gasteiger partial charge in [0.1, 0.15) is 0 Å². The molecule has 0 atom stereocenters. The van der Waals surface area contributed by atoms with Gasteiger partial charge in [-0.05, 0) is 82.7 Å². The van der Waals surface area contributed by atoms with Crippen molar-refractivity contribution < 1.29 is 19.4 Å². The zero-order valence-electron chi connectivity index (χ0n) is 13.9. The number of thioether (sulfide) groups is 1. The van der Waals surface area contributed by atoms with E-state index >= 15 is 0 Å². The molecule has 134 valence electrons. The first kappa shape index (κ1) is 18.8. The zero-order valence-corrected chi connectivity index (χ0v) is 16.9. The van der Waals surface area contributed by atoms with E-state index in [9.17, 15) is 14.7 Å². The van der Waals surface area contributed by atoms with Gasteiger partial charge in [-0.15, -0.1) is 0 Å². The number of carbonyl (C=O) groups is 2. The normalized spacial score (nSPS) is 15.8. The van der Waals surface area contributed by atoms with E-state index in [0.717, 1.165) is 20.9 Å². The summed E-state index contributed by atoms with van der Waals surface area (Å²) in [5.74, 6) is 0.0692. The van der Waals surface area contributed by atoms with Crippen molar-refractivity contribution in [3.8, 4) is 11.5 Å². The van der Waals surface area contributed by atoms with Crippen molar-refractivity contribution >= 4 is 51.6 Å². The molecule has 1 aliphatic rings. The molecule has 0 aliphatic carbocycles. The average molecular weight is 481 g/mol. The third-order valence-electron chi connectivity index (χ3n) is 3.71. The van der Waals surface area contributed by atoms with Crippen LogP contribution in [0.5, 0.6) is 11.5 Å². The molecule has 2 amide bonds. The van der Waals surface area contributed by atoms with Gasteiger partial charge in [0.05, 0.1) is 18.1 Å². The summed E-state index contributed by atoms with van der Waals surface area (Å²) in [5.41, 5.74) is 1.59. The van der Waals surface area contributed by atoms with Crippen molar-refractivity contribution in [3.05, 3.63) is 62.1 Å². The topological polar surface area (TPSA) is 66.8 Å². The smallest absolute Gasteiger partial charge is 0.293 e. The van der Waals surface area contributed by atoms with Gasteiger partial charge in [0.2, 0.25) is 0 Å². The molecule has 0 radical (unpaired) electrons. The Morgan fingerprint density at radius 1 is 1.19 bits per heavy atom. The van der Waals surface area contributed by atoms with Gasteiger partial charge in [-0.3, -0.25) is 14.5 Å². The molecule has 1 aliphatic heterocycles. The number of amides is 2. The number of phenols is 1. The first-order chi connectivity index (χ1) is 12.5. The fourth-order valence-electron chi connectivity index (χ4n) is 2.45. The summed E-state index contributed by atoms with van der Waals surface area (Å²) in [6.07, 6.45) is 1.64. The maximum absolute atomic E-state index is 12.6. The average Bonchev–Trinajstić information content (AvgIpc) is 2.87. The number of rotatable bonds is 5. The molecule has 1 heterocycles. The SMILES string of the molecule is CCOc1cc(/C=C2/SC(=O)N(Cc3ccc(I)cc3)C2=O)ccc1O. The van der Waals surface area contributed by atoms with Gasteiger partial charge >= 0.3 is 0 Å². The highest BCUT2D eigenvalue weighted by atomic mass is 127. The Kier molecular flexibility index (Phi) is 5.87. The predicted octanol–water partition coefficient (Wildman–Crippen LogP) is 4.63. The van der Waals surface area contributed by atoms with Gasteiger partial charge in [0, 0.05) is 3.57 Å². The van der Waals surface area contributed by atoms with Crippen LogP contribution in [-0.2, 0) is 11.3 Å². The maximum Gasteiger partial charge on any atom is 0.293 e. The number of hydrogen-bond donors (Lipinski definition) is 1. The monoisotopic (exact) mass is 481 g/mol. The second-order valence-corrected chi connectivity index (χ2v) is 7.79. The minimum atomic E-state index is -0.315. The van der Waals surface area contributed by atoms with E-state index < -0.39 is 0 Å². The summed E-state index contributed by atoms with van der Waals surface area (Å²) in [6.45, 7) is 2.49. The van der Waals surface area contributed by atoms with Gasteiger partial charge in [-0.2, -0.15) is 0 Å². The van der Waals surface area contributed by atoms with E-state index in [4.69, 9.17) is 4.74 Å². The van der Waals surface area contributed by atoms with Crippen LogP contribution in [0.15, 0.2) is 47.4 Å². The van der Waals surface area contributed by atoms with Crippen LogP contribution in [0.2, 0.25) is 0 Å². The van der Waals surface area contributed by atoms with E-state index in [0.29, 0.717) is 22.8 Å². The highest BCUT2D eigenvalue weighted by molar-refractivity contribution is 14.1. The number of nitrogens with zero attached hydrogens (tertiary/aromatic N) is 1. The lowest BCUT2D eigenvalue weighted by Gasteiger charge is -2.12. The number of phenolic OH excluding ortho intramolecular Hbond substituents is 1. The van der Waals surface area contributed by atoms with Crippen LogP contribution in [0.1, 0.15) is 18.1 Å². The van der Waals surface area contributed by atoms with Crippen LogP contribution < -0.4 is 4.74 Å². The van der Waals surface area contributed by atoms with E-state index in [1.165, 1.54) is 11.0 Å². The summed E-state index contributed by atoms with van der Waals surface area (Å²) < 4.78 is 6.45. The van der Waals surface area contributed by atoms with Crippen LogP contribution in [-0.4, -0.2) is 27.8 Å². The van der Waals surface area contributed by atoms with Crippen LogP contribution in [0.3, 0.4) is 0 Å². The van der Waals surface area contributed by atoms with Crippen LogP contribution in [0.4, 0.5) is 4.79 Å². The molecule has 2 aromatic rings. The Morgan fingerprint density at radius 3 is 2.62 bits per heavy atom. The Labute approximate surface area is 169 Å². The molecule has 0 saturated carbocycles. The molecular weight excluding hydrogens is 465 g/mol. The molecule has 7 heteroatoms. The van der Waals surface area contributed by atoms with Crippen molar-refractivity contribution in [1.82, 2.24) is 4.90 Å². The number of aromatic hydroxyl groups is 1. The first-order valence-corrected chi connectivity index (χ1v) is 9.83. The predicted molar refractivity (Wildman–Crippen MR) is 110 cm³/mol. The fraction of sp³-hybridized carbons (Fsp3) is 0.158. The summed E-state index contributed by atoms with van der Waals surface area (Å²) in [4.78, 5) is 26.4. The van der Waals surface area contributed by atoms with Gasteiger partial charge in [0.15, 0.2) is 11.5 Å². The van der Waals surface area contributed by atoms with Crippen molar-refractivity contribution in [3.63, 3.8) is 0 Å². The summed E-state index contributed by atoms with van der Waals surface area (Å²) in [7, 11) is 0. The number of ether oxygens (including phenoxy) is 1. The number of halogens is 1. The van der Waals surface area contributed by atoms with Gasteiger partial charge < -0.3 is 9.84 Å². The Balaban J connectivity index is 1.80. The van der Waals surface area contributed by atoms with Gasteiger partial charge in [-0.1, -0.05) is 18.2 Å². The Bertz CT molecular complexity index is 880. The number of benzene rings is 2. The molecule has 2 aromatic carbocycles. The molecule has 0 unspecified atom stereocenters. The quantitative estimate of drug-likeness (QED) is 0.499. The van der Waals surface area contributed by atoms with E-state index in [1.807, 2.05) is 31.2 Å². The number of hydrogen-bond acceptors (Lipinski definition) is 5. The first-order valence-electron chi connectivity index (χ1n) is 7.93. The third-order valence-corrected chi connectivity index (χ3v) is 5.34. The molecule has 3 rings (SSSR count). The second kappa shape index (κ2) is 8.13. The van der Waals surface area contributed by atoms with Crippen molar-refractivity contribution in [2.24, 2.45) is 0 Å². The molecular formula is C19H16INO4S. The Hall–Kier alpha value is -2.00. The zero-order chi connectivity index (χ0) is 18.7. The second-order valence-electron chi connectivity index (χ2n) is 5.55. The van der Waals surface area contributed by atoms with E-state index in [1.54, 1.807) is 18.2 Å². The summed E-state index contributed by atoms with van der Waals surface area (Å²) in [5, 5.41) is 9.48. The molecule has 0 spiro atoms. The van der Waals surface area contributed by atoms with Crippen molar-refractivity contribution in [2.45, 2.75) is 13.5 Å². The van der Waals surface area contributed by atoms with Crippen LogP contribution >= 0.6 is 34.4 Å². The molecule has 1 saturated heterocycles. The van der Waals surface area contributed by atoms with Crippen LogP contribution in [0, 0.1) is 3.57 Å².